The number of carbonyl (C=O) groups is 5. The molecule has 7 fully saturated rings. The Morgan fingerprint density at radius 3 is 1.50 bits per heavy atom. The van der Waals surface area contributed by atoms with Crippen LogP contribution in [0, 0.1) is 59.2 Å². The Labute approximate surface area is 432 Å². The van der Waals surface area contributed by atoms with Crippen molar-refractivity contribution >= 4 is 29.8 Å². The zero-order valence-corrected chi connectivity index (χ0v) is 45.9. The summed E-state index contributed by atoms with van der Waals surface area (Å²) in [6.45, 7) is 18.4. The lowest BCUT2D eigenvalue weighted by atomic mass is 9.79. The molecule has 12 unspecified atom stereocenters. The van der Waals surface area contributed by atoms with Gasteiger partial charge in [-0.3, -0.25) is 24.0 Å². The van der Waals surface area contributed by atoms with E-state index in [0.29, 0.717) is 69.0 Å². The van der Waals surface area contributed by atoms with Gasteiger partial charge in [0.2, 0.25) is 0 Å². The number of aliphatic hydroxyl groups is 2. The summed E-state index contributed by atoms with van der Waals surface area (Å²) in [6.07, 6.45) is 18.1. The molecule has 2 heterocycles. The van der Waals surface area contributed by atoms with Crippen LogP contribution in [0.25, 0.3) is 0 Å². The van der Waals surface area contributed by atoms with Gasteiger partial charge in [-0.1, -0.05) is 74.1 Å². The lowest BCUT2D eigenvalue weighted by molar-refractivity contribution is -0.165. The average molecular weight is 1030 g/mol. The molecular weight excluding hydrogens is 929 g/mol. The van der Waals surface area contributed by atoms with E-state index in [2.05, 4.69) is 0 Å². The fraction of sp³-hybridized carbons (Fsp3) is 0.911. The molecule has 0 aromatic heterocycles. The first-order chi connectivity index (χ1) is 34.8. The van der Waals surface area contributed by atoms with E-state index in [9.17, 15) is 34.2 Å². The summed E-state index contributed by atoms with van der Waals surface area (Å²) >= 11 is 0. The number of ether oxygens (including phenoxy) is 9. The van der Waals surface area contributed by atoms with Gasteiger partial charge in [0, 0.05) is 19.1 Å². The van der Waals surface area contributed by atoms with Crippen molar-refractivity contribution in [2.45, 2.75) is 201 Å². The maximum absolute atomic E-state index is 12.5. The number of epoxide rings is 2. The Morgan fingerprint density at radius 2 is 1.04 bits per heavy atom. The first kappa shape index (κ1) is 63.4. The fourth-order valence-electron chi connectivity index (χ4n) is 10.5. The molecule has 7 aliphatic rings. The smallest absolute Gasteiger partial charge is 0.309 e. The summed E-state index contributed by atoms with van der Waals surface area (Å²) in [4.78, 5) is 60.9. The summed E-state index contributed by atoms with van der Waals surface area (Å²) in [5, 5.41) is 19.1. The number of hydrogen-bond donors (Lipinski definition) is 2. The third-order valence-corrected chi connectivity index (χ3v) is 15.4. The van der Waals surface area contributed by atoms with E-state index >= 15 is 0 Å². The van der Waals surface area contributed by atoms with Crippen molar-refractivity contribution in [2.24, 2.45) is 59.2 Å². The van der Waals surface area contributed by atoms with Crippen LogP contribution in [0.3, 0.4) is 0 Å². The number of aliphatic hydroxyl groups excluding tert-OH is 2. The third-order valence-electron chi connectivity index (χ3n) is 15.4. The van der Waals surface area contributed by atoms with Gasteiger partial charge in [0.1, 0.15) is 6.10 Å². The van der Waals surface area contributed by atoms with Crippen LogP contribution >= 0.6 is 0 Å². The molecule has 16 nitrogen and oxygen atoms in total. The largest absolute Gasteiger partial charge is 0.469 e. The predicted molar refractivity (Wildman–Crippen MR) is 271 cm³/mol. The first-order valence-electron chi connectivity index (χ1n) is 28.2. The summed E-state index contributed by atoms with van der Waals surface area (Å²) in [6, 6.07) is 0. The van der Waals surface area contributed by atoms with Gasteiger partial charge < -0.3 is 52.8 Å². The monoisotopic (exact) mass is 1030 g/mol. The lowest BCUT2D eigenvalue weighted by Crippen LogP contribution is -2.36. The van der Waals surface area contributed by atoms with Crippen LogP contribution in [0.2, 0.25) is 0 Å². The average Bonchev–Trinajstić information content (AvgIpc) is 4.38. The minimum atomic E-state index is -0.482. The Bertz CT molecular complexity index is 1480. The van der Waals surface area contributed by atoms with Gasteiger partial charge in [0.15, 0.2) is 0 Å². The van der Waals surface area contributed by atoms with Crippen LogP contribution in [0.1, 0.15) is 170 Å². The van der Waals surface area contributed by atoms with E-state index in [-0.39, 0.29) is 61.1 Å². The van der Waals surface area contributed by atoms with Gasteiger partial charge in [0.05, 0.1) is 108 Å². The molecule has 0 aromatic rings. The molecule has 418 valence electrons. The Kier molecular flexibility index (Phi) is 31.2. The quantitative estimate of drug-likeness (QED) is 0.0663. The minimum absolute atomic E-state index is 0.00749. The standard InChI is InChI=1S/C22H34O8.C15H24O4.C15H28O4.2C2H6/c1-14(12-29-21(25)17-10-6-4-8-15(17)19(23)27-2)13-30-22(26)18-11-7-5-9-16(18)20(24)28-3;1-9-6-11(3-4-12(9)16)15(17)18-8-10-2-5-13-14(7-10)19-13;1-2-14(16)9-17-7-12-3-5-13(6-4-12)8-18-10-15-11-19-15;2*1-2/h14-18H,4-13H2,1-3H3;9-14,16H,2-8H2,1H3;12-16H,2-11H2,1H3;2*1-2H3. The molecule has 72 heavy (non-hydrogen) atoms. The molecule has 0 spiro atoms. The van der Waals surface area contributed by atoms with Crippen LogP contribution in [-0.4, -0.2) is 138 Å². The van der Waals surface area contributed by atoms with E-state index < -0.39 is 35.6 Å². The van der Waals surface area contributed by atoms with Crippen LogP contribution in [0.5, 0.6) is 0 Å². The van der Waals surface area contributed by atoms with E-state index in [1.165, 1.54) is 39.9 Å². The predicted octanol–water partition coefficient (Wildman–Crippen LogP) is 8.61. The van der Waals surface area contributed by atoms with Gasteiger partial charge in [-0.2, -0.15) is 0 Å². The Balaban J connectivity index is 0.000000285. The zero-order chi connectivity index (χ0) is 53.0. The summed E-state index contributed by atoms with van der Waals surface area (Å²) in [5.74, 6) is -1.59. The molecule has 5 saturated carbocycles. The highest BCUT2D eigenvalue weighted by Gasteiger charge is 2.44. The molecule has 0 aromatic carbocycles. The highest BCUT2D eigenvalue weighted by Crippen LogP contribution is 2.40. The number of rotatable bonds is 20. The zero-order valence-electron chi connectivity index (χ0n) is 45.9. The lowest BCUT2D eigenvalue weighted by Gasteiger charge is -2.30. The van der Waals surface area contributed by atoms with Crippen molar-refractivity contribution in [1.82, 2.24) is 0 Å². The van der Waals surface area contributed by atoms with Crippen molar-refractivity contribution in [3.8, 4) is 0 Å². The van der Waals surface area contributed by atoms with E-state index in [0.717, 1.165) is 103 Å². The van der Waals surface area contributed by atoms with Gasteiger partial charge in [-0.15, -0.1) is 0 Å². The van der Waals surface area contributed by atoms with Crippen molar-refractivity contribution in [3.63, 3.8) is 0 Å². The molecule has 12 atom stereocenters. The van der Waals surface area contributed by atoms with Gasteiger partial charge in [0.25, 0.3) is 0 Å². The number of esters is 5. The second-order valence-electron chi connectivity index (χ2n) is 21.0. The number of methoxy groups -OCH3 is 2. The summed E-state index contributed by atoms with van der Waals surface area (Å²) in [7, 11) is 2.65. The molecular formula is C56H98O16. The Morgan fingerprint density at radius 1 is 0.556 bits per heavy atom. The third kappa shape index (κ3) is 22.9. The van der Waals surface area contributed by atoms with Crippen LogP contribution < -0.4 is 0 Å². The summed E-state index contributed by atoms with van der Waals surface area (Å²) < 4.78 is 47.8. The number of hydrogen-bond acceptors (Lipinski definition) is 16. The fourth-order valence-corrected chi connectivity index (χ4v) is 10.5. The van der Waals surface area contributed by atoms with Crippen molar-refractivity contribution in [1.29, 1.82) is 0 Å². The molecule has 2 N–H and O–H groups in total. The van der Waals surface area contributed by atoms with E-state index in [1.807, 2.05) is 48.5 Å². The number of fused-ring (bicyclic) bond motifs is 1. The highest BCUT2D eigenvalue weighted by atomic mass is 16.6. The topological polar surface area (TPSA) is 215 Å². The van der Waals surface area contributed by atoms with Crippen LogP contribution in [0.15, 0.2) is 0 Å². The highest BCUT2D eigenvalue weighted by molar-refractivity contribution is 5.83. The van der Waals surface area contributed by atoms with E-state index in [1.54, 1.807) is 0 Å². The van der Waals surface area contributed by atoms with Crippen LogP contribution in [-0.2, 0) is 66.6 Å². The van der Waals surface area contributed by atoms with Crippen molar-refractivity contribution in [2.75, 3.05) is 67.1 Å². The maximum atomic E-state index is 12.5. The Hall–Kier alpha value is -2.89. The SMILES string of the molecule is CC.CC.CC1CC(C(=O)OCC2CCC3OC3C2)CCC1O.CCC(O)COCC1CCC(COCC2CO2)CC1.COC(=O)C1CCCCC1C(=O)OCC(C)COC(=O)C1CCCCC1C(=O)OC. The molecule has 7 rings (SSSR count). The van der Waals surface area contributed by atoms with Gasteiger partial charge in [-0.05, 0) is 120 Å². The molecule has 5 aliphatic carbocycles. The van der Waals surface area contributed by atoms with Gasteiger partial charge in [-0.25, -0.2) is 0 Å². The molecule has 0 amide bonds. The number of carbonyl (C=O) groups excluding carboxylic acids is 5. The maximum Gasteiger partial charge on any atom is 0.309 e. The molecule has 0 bridgehead atoms. The van der Waals surface area contributed by atoms with Crippen molar-refractivity contribution < 1.29 is 76.8 Å². The minimum Gasteiger partial charge on any atom is -0.469 e. The molecule has 2 saturated heterocycles. The summed E-state index contributed by atoms with van der Waals surface area (Å²) in [5.41, 5.74) is 0. The molecule has 2 aliphatic heterocycles. The second kappa shape index (κ2) is 35.4. The first-order valence-corrected chi connectivity index (χ1v) is 28.2. The second-order valence-corrected chi connectivity index (χ2v) is 21.0. The van der Waals surface area contributed by atoms with Gasteiger partial charge >= 0.3 is 29.8 Å². The van der Waals surface area contributed by atoms with Crippen LogP contribution in [0.4, 0.5) is 0 Å². The van der Waals surface area contributed by atoms with E-state index in [4.69, 9.17) is 42.6 Å². The normalized spacial score (nSPS) is 32.1. The van der Waals surface area contributed by atoms with Crippen molar-refractivity contribution in [3.05, 3.63) is 0 Å². The molecule has 0 radical (unpaired) electrons. The molecule has 16 heteroatoms.